The van der Waals surface area contributed by atoms with E-state index in [0.29, 0.717) is 18.5 Å². The number of halogens is 1. The van der Waals surface area contributed by atoms with Crippen LogP contribution in [0.1, 0.15) is 17.2 Å². The average Bonchev–Trinajstić information content (AvgIpc) is 2.59. The molecule has 0 aliphatic carbocycles. The van der Waals surface area contributed by atoms with Crippen LogP contribution in [0.3, 0.4) is 0 Å². The molecule has 0 bridgehead atoms. The summed E-state index contributed by atoms with van der Waals surface area (Å²) in [5, 5.41) is 25.8. The molecule has 0 saturated carbocycles. The first-order chi connectivity index (χ1) is 12.0. The van der Waals surface area contributed by atoms with Gasteiger partial charge in [-0.1, -0.05) is 12.1 Å². The summed E-state index contributed by atoms with van der Waals surface area (Å²) in [6.07, 6.45) is -0.248. The zero-order valence-corrected chi connectivity index (χ0v) is 13.5. The molecule has 6 nitrogen and oxygen atoms in total. The number of fused-ring (bicyclic) bond motifs is 1. The molecule has 1 aliphatic rings. The second-order valence-electron chi connectivity index (χ2n) is 5.81. The molecule has 1 heterocycles. The molecule has 7 heteroatoms. The van der Waals surface area contributed by atoms with Gasteiger partial charge in [-0.25, -0.2) is 4.39 Å². The van der Waals surface area contributed by atoms with E-state index in [2.05, 4.69) is 10.6 Å². The molecule has 1 unspecified atom stereocenters. The van der Waals surface area contributed by atoms with Crippen LogP contribution in [-0.4, -0.2) is 35.8 Å². The highest BCUT2D eigenvalue weighted by Gasteiger charge is 2.25. The lowest BCUT2D eigenvalue weighted by atomic mass is 10.0. The number of aliphatic hydroxyl groups is 1. The molecule has 3 rings (SSSR count). The van der Waals surface area contributed by atoms with Gasteiger partial charge in [0.2, 0.25) is 0 Å². The van der Waals surface area contributed by atoms with Crippen molar-refractivity contribution in [3.05, 3.63) is 53.3 Å². The molecule has 0 spiro atoms. The van der Waals surface area contributed by atoms with Gasteiger partial charge in [-0.2, -0.15) is 0 Å². The van der Waals surface area contributed by atoms with Crippen LogP contribution in [0.15, 0.2) is 36.4 Å². The Kier molecular flexibility index (Phi) is 5.16. The van der Waals surface area contributed by atoms with Crippen LogP contribution in [-0.2, 0) is 11.2 Å². The zero-order chi connectivity index (χ0) is 17.8. The lowest BCUT2D eigenvalue weighted by molar-refractivity contribution is -0.118. The van der Waals surface area contributed by atoms with E-state index < -0.39 is 6.10 Å². The Balaban J connectivity index is 1.59. The van der Waals surface area contributed by atoms with E-state index in [1.54, 1.807) is 12.1 Å². The summed E-state index contributed by atoms with van der Waals surface area (Å²) in [5.74, 6) is -0.466. The highest BCUT2D eigenvalue weighted by Crippen LogP contribution is 2.41. The summed E-state index contributed by atoms with van der Waals surface area (Å²) in [6, 6.07) is 9.34. The highest BCUT2D eigenvalue weighted by molar-refractivity contribution is 5.97. The van der Waals surface area contributed by atoms with Crippen molar-refractivity contribution in [2.45, 2.75) is 12.5 Å². The van der Waals surface area contributed by atoms with E-state index in [1.807, 2.05) is 6.07 Å². The van der Waals surface area contributed by atoms with Crippen molar-refractivity contribution in [3.8, 4) is 11.5 Å². The van der Waals surface area contributed by atoms with Gasteiger partial charge in [0.05, 0.1) is 6.10 Å². The second kappa shape index (κ2) is 7.50. The molecule has 2 aromatic rings. The van der Waals surface area contributed by atoms with Gasteiger partial charge >= 0.3 is 0 Å². The Labute approximate surface area is 144 Å². The standard InChI is InChI=1S/C18H19FN2O4/c19-12-3-1-2-11(8-12)6-7-20-9-15(23)13-4-5-14(22)17-18(13)25-10-16(24)21-17/h1-5,8,15,20,22-23H,6-7,9-10H2,(H,21,24). The number of anilines is 1. The SMILES string of the molecule is O=C1COc2c(C(O)CNCCc3cccc(F)c3)ccc(O)c2N1. The van der Waals surface area contributed by atoms with Gasteiger partial charge in [0.25, 0.3) is 5.91 Å². The minimum Gasteiger partial charge on any atom is -0.506 e. The molecular formula is C18H19FN2O4. The Bertz CT molecular complexity index is 782. The third kappa shape index (κ3) is 4.07. The summed E-state index contributed by atoms with van der Waals surface area (Å²) in [6.45, 7) is 0.658. The van der Waals surface area contributed by atoms with Crippen LogP contribution in [0.4, 0.5) is 10.1 Å². The van der Waals surface area contributed by atoms with E-state index in [0.717, 1.165) is 5.56 Å². The Morgan fingerprint density at radius 1 is 1.32 bits per heavy atom. The van der Waals surface area contributed by atoms with Crippen LogP contribution in [0.5, 0.6) is 11.5 Å². The number of amides is 1. The minimum atomic E-state index is -0.878. The van der Waals surface area contributed by atoms with Crippen LogP contribution < -0.4 is 15.4 Å². The maximum absolute atomic E-state index is 13.1. The minimum absolute atomic E-state index is 0.113. The predicted octanol–water partition coefficient (Wildman–Crippen LogP) is 1.73. The van der Waals surface area contributed by atoms with Gasteiger partial charge in [0, 0.05) is 12.1 Å². The van der Waals surface area contributed by atoms with Gasteiger partial charge in [-0.3, -0.25) is 4.79 Å². The zero-order valence-electron chi connectivity index (χ0n) is 13.5. The summed E-state index contributed by atoms with van der Waals surface area (Å²) >= 11 is 0. The first kappa shape index (κ1) is 17.2. The summed E-state index contributed by atoms with van der Waals surface area (Å²) in [4.78, 5) is 11.4. The van der Waals surface area contributed by atoms with Crippen LogP contribution in [0, 0.1) is 5.82 Å². The van der Waals surface area contributed by atoms with Crippen molar-refractivity contribution in [1.29, 1.82) is 0 Å². The number of aromatic hydroxyl groups is 1. The third-order valence-corrected chi connectivity index (χ3v) is 3.95. The molecule has 1 atom stereocenters. The maximum atomic E-state index is 13.1. The number of ether oxygens (including phenoxy) is 1. The van der Waals surface area contributed by atoms with Crippen molar-refractivity contribution < 1.29 is 24.1 Å². The monoisotopic (exact) mass is 346 g/mol. The van der Waals surface area contributed by atoms with Gasteiger partial charge in [0.1, 0.15) is 17.3 Å². The Morgan fingerprint density at radius 2 is 2.16 bits per heavy atom. The van der Waals surface area contributed by atoms with Gasteiger partial charge < -0.3 is 25.6 Å². The van der Waals surface area contributed by atoms with Crippen LogP contribution >= 0.6 is 0 Å². The smallest absolute Gasteiger partial charge is 0.262 e. The molecule has 1 amide bonds. The number of benzene rings is 2. The van der Waals surface area contributed by atoms with Crippen LogP contribution in [0.2, 0.25) is 0 Å². The van der Waals surface area contributed by atoms with Crippen molar-refractivity contribution in [2.24, 2.45) is 0 Å². The second-order valence-corrected chi connectivity index (χ2v) is 5.81. The molecule has 0 aromatic heterocycles. The number of carbonyl (C=O) groups is 1. The average molecular weight is 346 g/mol. The topological polar surface area (TPSA) is 90.8 Å². The normalized spacial score (nSPS) is 14.4. The summed E-state index contributed by atoms with van der Waals surface area (Å²) in [7, 11) is 0. The molecule has 132 valence electrons. The fraction of sp³-hybridized carbons (Fsp3) is 0.278. The van der Waals surface area contributed by atoms with Crippen molar-refractivity contribution >= 4 is 11.6 Å². The molecule has 0 radical (unpaired) electrons. The predicted molar refractivity (Wildman–Crippen MR) is 90.2 cm³/mol. The number of phenolic OH excluding ortho intramolecular Hbond substituents is 1. The number of hydrogen-bond acceptors (Lipinski definition) is 5. The van der Waals surface area contributed by atoms with Gasteiger partial charge in [-0.05, 0) is 42.8 Å². The quantitative estimate of drug-likeness (QED) is 0.472. The first-order valence-electron chi connectivity index (χ1n) is 7.96. The Hall–Kier alpha value is -2.64. The lowest BCUT2D eigenvalue weighted by Gasteiger charge is -2.23. The number of hydrogen-bond donors (Lipinski definition) is 4. The molecule has 0 saturated heterocycles. The third-order valence-electron chi connectivity index (χ3n) is 3.95. The fourth-order valence-electron chi connectivity index (χ4n) is 2.71. The number of phenols is 1. The van der Waals surface area contributed by atoms with Crippen molar-refractivity contribution in [1.82, 2.24) is 5.32 Å². The van der Waals surface area contributed by atoms with E-state index in [-0.39, 0.29) is 42.1 Å². The number of carbonyl (C=O) groups excluding carboxylic acids is 1. The summed E-state index contributed by atoms with van der Waals surface area (Å²) in [5.41, 5.74) is 1.52. The van der Waals surface area contributed by atoms with E-state index in [9.17, 15) is 19.4 Å². The first-order valence-corrected chi connectivity index (χ1v) is 7.96. The van der Waals surface area contributed by atoms with E-state index in [1.165, 1.54) is 18.2 Å². The molecule has 0 fully saturated rings. The van der Waals surface area contributed by atoms with Gasteiger partial charge in [-0.15, -0.1) is 0 Å². The van der Waals surface area contributed by atoms with Gasteiger partial charge in [0.15, 0.2) is 12.4 Å². The van der Waals surface area contributed by atoms with E-state index in [4.69, 9.17) is 4.74 Å². The fourth-order valence-corrected chi connectivity index (χ4v) is 2.71. The molecule has 1 aliphatic heterocycles. The van der Waals surface area contributed by atoms with Crippen molar-refractivity contribution in [3.63, 3.8) is 0 Å². The Morgan fingerprint density at radius 3 is 2.96 bits per heavy atom. The largest absolute Gasteiger partial charge is 0.506 e. The van der Waals surface area contributed by atoms with Crippen LogP contribution in [0.25, 0.3) is 0 Å². The summed E-state index contributed by atoms with van der Waals surface area (Å²) < 4.78 is 18.5. The molecule has 25 heavy (non-hydrogen) atoms. The molecule has 4 N–H and O–H groups in total. The maximum Gasteiger partial charge on any atom is 0.262 e. The molecule has 2 aromatic carbocycles. The molecular weight excluding hydrogens is 327 g/mol. The number of rotatable bonds is 6. The lowest BCUT2D eigenvalue weighted by Crippen LogP contribution is -2.28. The number of aliphatic hydroxyl groups excluding tert-OH is 1. The number of nitrogens with one attached hydrogen (secondary N) is 2. The van der Waals surface area contributed by atoms with E-state index >= 15 is 0 Å². The highest BCUT2D eigenvalue weighted by atomic mass is 19.1. The van der Waals surface area contributed by atoms with Crippen molar-refractivity contribution in [2.75, 3.05) is 25.0 Å².